The van der Waals surface area contributed by atoms with Crippen LogP contribution in [0, 0.1) is 0 Å². The normalized spacial score (nSPS) is 11.1. The zero-order chi connectivity index (χ0) is 18.4. The highest BCUT2D eigenvalue weighted by Gasteiger charge is 2.14. The first-order chi connectivity index (χ1) is 12.5. The predicted molar refractivity (Wildman–Crippen MR) is 97.1 cm³/mol. The van der Waals surface area contributed by atoms with E-state index in [2.05, 4.69) is 5.32 Å². The highest BCUT2D eigenvalue weighted by molar-refractivity contribution is 7.91. The molecule has 3 rings (SSSR count). The second-order valence-corrected chi connectivity index (χ2v) is 7.55. The van der Waals surface area contributed by atoms with E-state index in [1.807, 2.05) is 0 Å². The van der Waals surface area contributed by atoms with Gasteiger partial charge >= 0.3 is 0 Å². The van der Waals surface area contributed by atoms with Crippen molar-refractivity contribution >= 4 is 21.4 Å². The molecule has 134 valence electrons. The minimum absolute atomic E-state index is 0.0370. The van der Waals surface area contributed by atoms with E-state index in [0.29, 0.717) is 11.4 Å². The number of anilines is 1. The van der Waals surface area contributed by atoms with Crippen molar-refractivity contribution in [3.05, 3.63) is 78.8 Å². The lowest BCUT2D eigenvalue weighted by Crippen LogP contribution is -2.14. The van der Waals surface area contributed by atoms with Crippen LogP contribution >= 0.6 is 0 Å². The summed E-state index contributed by atoms with van der Waals surface area (Å²) in [6, 6.07) is 18.1. The van der Waals surface area contributed by atoms with Crippen LogP contribution in [0.25, 0.3) is 0 Å². The number of furan rings is 1. The minimum atomic E-state index is -3.37. The third-order valence-corrected chi connectivity index (χ3v) is 5.27. The van der Waals surface area contributed by atoms with Crippen molar-refractivity contribution in [1.29, 1.82) is 0 Å². The molecule has 0 spiro atoms. The summed E-state index contributed by atoms with van der Waals surface area (Å²) in [5.74, 6) is 0.270. The number of sulfone groups is 1. The maximum Gasteiger partial charge on any atom is 0.291 e. The predicted octanol–water partition coefficient (Wildman–Crippen LogP) is 3.38. The van der Waals surface area contributed by atoms with Gasteiger partial charge in [-0.05, 0) is 48.5 Å². The largest absolute Gasteiger partial charge is 0.493 e. The molecule has 0 fully saturated rings. The lowest BCUT2D eigenvalue weighted by molar-refractivity contribution is 0.0996. The van der Waals surface area contributed by atoms with Crippen LogP contribution in [0.1, 0.15) is 10.6 Å². The number of ether oxygens (including phenoxy) is 1. The Morgan fingerprint density at radius 3 is 2.35 bits per heavy atom. The molecule has 0 aliphatic rings. The van der Waals surface area contributed by atoms with Crippen LogP contribution in [0.15, 0.2) is 82.3 Å². The van der Waals surface area contributed by atoms with E-state index in [-0.39, 0.29) is 28.9 Å². The van der Waals surface area contributed by atoms with Gasteiger partial charge in [-0.3, -0.25) is 4.79 Å². The highest BCUT2D eigenvalue weighted by atomic mass is 32.2. The standard InChI is InChI=1S/C19H17NO5S/c21-19(18-7-4-12-25-18)20-15-8-10-16(11-9-15)24-13-14-26(22,23)17-5-2-1-3-6-17/h1-12H,13-14H2,(H,20,21). The Kier molecular flexibility index (Phi) is 5.38. The van der Waals surface area contributed by atoms with Gasteiger partial charge in [0.2, 0.25) is 0 Å². The van der Waals surface area contributed by atoms with Crippen LogP contribution in [0.2, 0.25) is 0 Å². The number of benzene rings is 2. The molecule has 0 saturated heterocycles. The zero-order valence-electron chi connectivity index (χ0n) is 13.8. The van der Waals surface area contributed by atoms with E-state index in [1.54, 1.807) is 66.7 Å². The number of carbonyl (C=O) groups is 1. The summed E-state index contributed by atoms with van der Waals surface area (Å²) >= 11 is 0. The molecule has 1 aromatic heterocycles. The molecule has 0 radical (unpaired) electrons. The summed E-state index contributed by atoms with van der Waals surface area (Å²) in [7, 11) is -3.37. The first kappa shape index (κ1) is 17.8. The summed E-state index contributed by atoms with van der Waals surface area (Å²) in [5, 5.41) is 2.69. The number of amides is 1. The van der Waals surface area contributed by atoms with Crippen LogP contribution in [-0.2, 0) is 9.84 Å². The summed E-state index contributed by atoms with van der Waals surface area (Å²) in [6.07, 6.45) is 1.43. The van der Waals surface area contributed by atoms with Crippen LogP contribution in [0.3, 0.4) is 0 Å². The van der Waals surface area contributed by atoms with Crippen molar-refractivity contribution in [2.24, 2.45) is 0 Å². The Morgan fingerprint density at radius 2 is 1.69 bits per heavy atom. The van der Waals surface area contributed by atoms with E-state index in [4.69, 9.17) is 9.15 Å². The van der Waals surface area contributed by atoms with Crippen LogP contribution < -0.4 is 10.1 Å². The molecule has 1 amide bonds. The van der Waals surface area contributed by atoms with Gasteiger partial charge in [-0.1, -0.05) is 18.2 Å². The molecule has 1 heterocycles. The number of hydrogen-bond acceptors (Lipinski definition) is 5. The monoisotopic (exact) mass is 371 g/mol. The average molecular weight is 371 g/mol. The molecule has 26 heavy (non-hydrogen) atoms. The molecule has 6 nitrogen and oxygen atoms in total. The smallest absolute Gasteiger partial charge is 0.291 e. The Bertz CT molecular complexity index is 949. The second kappa shape index (κ2) is 7.88. The Labute approximate surface area is 151 Å². The molecule has 0 bridgehead atoms. The fourth-order valence-electron chi connectivity index (χ4n) is 2.25. The number of nitrogens with one attached hydrogen (secondary N) is 1. The molecule has 0 aliphatic carbocycles. The van der Waals surface area contributed by atoms with Gasteiger partial charge in [0, 0.05) is 5.69 Å². The maximum atomic E-state index is 12.2. The number of carbonyl (C=O) groups excluding carboxylic acids is 1. The van der Waals surface area contributed by atoms with Gasteiger partial charge in [-0.15, -0.1) is 0 Å². The minimum Gasteiger partial charge on any atom is -0.493 e. The quantitative estimate of drug-likeness (QED) is 0.688. The molecular formula is C19H17NO5S. The topological polar surface area (TPSA) is 85.6 Å². The molecular weight excluding hydrogens is 354 g/mol. The second-order valence-electron chi connectivity index (χ2n) is 5.44. The van der Waals surface area contributed by atoms with Crippen molar-refractivity contribution in [2.75, 3.05) is 17.7 Å². The van der Waals surface area contributed by atoms with Gasteiger partial charge < -0.3 is 14.5 Å². The molecule has 0 saturated carbocycles. The van der Waals surface area contributed by atoms with Crippen LogP contribution in [0.4, 0.5) is 5.69 Å². The summed E-state index contributed by atoms with van der Waals surface area (Å²) in [6.45, 7) is 0.0370. The van der Waals surface area contributed by atoms with Gasteiger partial charge in [0.05, 0.1) is 16.9 Å². The van der Waals surface area contributed by atoms with Gasteiger partial charge in [0.25, 0.3) is 5.91 Å². The van der Waals surface area contributed by atoms with Crippen molar-refractivity contribution in [1.82, 2.24) is 0 Å². The van der Waals surface area contributed by atoms with E-state index < -0.39 is 9.84 Å². The van der Waals surface area contributed by atoms with Gasteiger partial charge in [0.1, 0.15) is 12.4 Å². The molecule has 7 heteroatoms. The highest BCUT2D eigenvalue weighted by Crippen LogP contribution is 2.17. The van der Waals surface area contributed by atoms with E-state index >= 15 is 0 Å². The van der Waals surface area contributed by atoms with E-state index in [1.165, 1.54) is 6.26 Å². The van der Waals surface area contributed by atoms with Crippen molar-refractivity contribution in [3.8, 4) is 5.75 Å². The van der Waals surface area contributed by atoms with Crippen LogP contribution in [-0.4, -0.2) is 26.7 Å². The Balaban J connectivity index is 1.52. The summed E-state index contributed by atoms with van der Waals surface area (Å²) < 4.78 is 34.9. The molecule has 0 unspecified atom stereocenters. The SMILES string of the molecule is O=C(Nc1ccc(OCCS(=O)(=O)c2ccccc2)cc1)c1ccco1. The molecule has 0 aliphatic heterocycles. The number of rotatable bonds is 7. The van der Waals surface area contributed by atoms with Crippen molar-refractivity contribution in [3.63, 3.8) is 0 Å². The van der Waals surface area contributed by atoms with E-state index in [9.17, 15) is 13.2 Å². The Hall–Kier alpha value is -3.06. The molecule has 1 N–H and O–H groups in total. The summed E-state index contributed by atoms with van der Waals surface area (Å²) in [5.41, 5.74) is 0.579. The fraction of sp³-hybridized carbons (Fsp3) is 0.105. The lowest BCUT2D eigenvalue weighted by atomic mass is 10.3. The third-order valence-electron chi connectivity index (χ3n) is 3.58. The van der Waals surface area contributed by atoms with Crippen molar-refractivity contribution < 1.29 is 22.4 Å². The first-order valence-electron chi connectivity index (χ1n) is 7.90. The van der Waals surface area contributed by atoms with E-state index in [0.717, 1.165) is 0 Å². The average Bonchev–Trinajstić information content (AvgIpc) is 3.19. The van der Waals surface area contributed by atoms with Gasteiger partial charge in [0.15, 0.2) is 15.6 Å². The first-order valence-corrected chi connectivity index (χ1v) is 9.55. The third kappa shape index (κ3) is 4.52. The lowest BCUT2D eigenvalue weighted by Gasteiger charge is -2.08. The van der Waals surface area contributed by atoms with Gasteiger partial charge in [-0.25, -0.2) is 8.42 Å². The number of hydrogen-bond donors (Lipinski definition) is 1. The fourth-order valence-corrected chi connectivity index (χ4v) is 3.36. The van der Waals surface area contributed by atoms with Crippen LogP contribution in [0.5, 0.6) is 5.75 Å². The summed E-state index contributed by atoms with van der Waals surface area (Å²) in [4.78, 5) is 12.2. The maximum absolute atomic E-state index is 12.2. The molecule has 3 aromatic rings. The van der Waals surface area contributed by atoms with Crippen molar-refractivity contribution in [2.45, 2.75) is 4.90 Å². The molecule has 0 atom stereocenters. The molecule has 2 aromatic carbocycles. The Morgan fingerprint density at radius 1 is 0.962 bits per heavy atom. The zero-order valence-corrected chi connectivity index (χ0v) is 14.6. The van der Waals surface area contributed by atoms with Gasteiger partial charge in [-0.2, -0.15) is 0 Å².